The summed E-state index contributed by atoms with van der Waals surface area (Å²) in [5.74, 6) is -1.11. The van der Waals surface area contributed by atoms with Gasteiger partial charge in [0, 0.05) is 0 Å². The molecule has 1 unspecified atom stereocenters. The number of aromatic nitrogens is 2. The van der Waals surface area contributed by atoms with Gasteiger partial charge in [0.2, 0.25) is 0 Å². The Hall–Kier alpha value is -1.57. The molecule has 8 heteroatoms. The van der Waals surface area contributed by atoms with Crippen LogP contribution in [0.4, 0.5) is 13.2 Å². The summed E-state index contributed by atoms with van der Waals surface area (Å²) >= 11 is 0. The molecule has 0 radical (unpaired) electrons. The average Bonchev–Trinajstić information content (AvgIpc) is 2.58. The summed E-state index contributed by atoms with van der Waals surface area (Å²) in [4.78, 5) is 14.4. The Bertz CT molecular complexity index is 427. The van der Waals surface area contributed by atoms with E-state index in [9.17, 15) is 18.0 Å². The number of hydrogen-bond donors (Lipinski definition) is 1. The lowest BCUT2D eigenvalue weighted by atomic mass is 10.3. The highest BCUT2D eigenvalue weighted by Crippen LogP contribution is 2.28. The van der Waals surface area contributed by atoms with Crippen molar-refractivity contribution in [2.45, 2.75) is 25.4 Å². The van der Waals surface area contributed by atoms with Crippen molar-refractivity contribution in [2.24, 2.45) is 0 Å². The van der Waals surface area contributed by atoms with E-state index < -0.39 is 24.8 Å². The highest BCUT2D eigenvalue weighted by Gasteiger charge is 2.43. The Morgan fingerprint density at radius 1 is 1.62 bits per heavy atom. The van der Waals surface area contributed by atoms with E-state index in [0.29, 0.717) is 0 Å². The molecule has 0 saturated heterocycles. The van der Waals surface area contributed by atoms with E-state index >= 15 is 0 Å². The van der Waals surface area contributed by atoms with Crippen LogP contribution >= 0.6 is 0 Å². The fourth-order valence-corrected chi connectivity index (χ4v) is 1.50. The van der Waals surface area contributed by atoms with Crippen LogP contribution in [0.3, 0.4) is 0 Å². The van der Waals surface area contributed by atoms with Gasteiger partial charge in [0.15, 0.2) is 6.10 Å². The van der Waals surface area contributed by atoms with Crippen LogP contribution in [0, 0.1) is 0 Å². The molecule has 16 heavy (non-hydrogen) atoms. The minimum Gasteiger partial charge on any atom is -0.477 e. The molecular formula is C8H7F3N2O3. The number of halogens is 3. The molecule has 1 aliphatic heterocycles. The van der Waals surface area contributed by atoms with Gasteiger partial charge < -0.3 is 14.4 Å². The number of alkyl halides is 3. The van der Waals surface area contributed by atoms with Gasteiger partial charge in [-0.3, -0.25) is 0 Å². The first-order valence-electron chi connectivity index (χ1n) is 4.35. The molecule has 0 aliphatic carbocycles. The minimum absolute atomic E-state index is 0.193. The quantitative estimate of drug-likeness (QED) is 0.791. The summed E-state index contributed by atoms with van der Waals surface area (Å²) in [5, 5.41) is 8.74. The van der Waals surface area contributed by atoms with Gasteiger partial charge in [-0.15, -0.1) is 0 Å². The summed E-state index contributed by atoms with van der Waals surface area (Å²) in [6.45, 7) is -0.905. The lowest BCUT2D eigenvalue weighted by molar-refractivity contribution is -0.234. The highest BCUT2D eigenvalue weighted by atomic mass is 19.4. The lowest BCUT2D eigenvalue weighted by Crippen LogP contribution is -2.40. The first kappa shape index (κ1) is 10.9. The zero-order valence-corrected chi connectivity index (χ0v) is 7.86. The van der Waals surface area contributed by atoms with Crippen LogP contribution in [0.5, 0.6) is 0 Å². The molecular weight excluding hydrogens is 229 g/mol. The Morgan fingerprint density at radius 3 is 2.88 bits per heavy atom. The third-order valence-corrected chi connectivity index (χ3v) is 2.28. The number of rotatable bonds is 1. The van der Waals surface area contributed by atoms with Crippen LogP contribution in [0.1, 0.15) is 16.3 Å². The van der Waals surface area contributed by atoms with Gasteiger partial charge >= 0.3 is 12.1 Å². The van der Waals surface area contributed by atoms with Crippen LogP contribution in [0.25, 0.3) is 0 Å². The Morgan fingerprint density at radius 2 is 2.31 bits per heavy atom. The van der Waals surface area contributed by atoms with Gasteiger partial charge in [-0.25, -0.2) is 9.78 Å². The largest absolute Gasteiger partial charge is 0.477 e. The summed E-state index contributed by atoms with van der Waals surface area (Å²) in [7, 11) is 0. The van der Waals surface area contributed by atoms with E-state index in [1.807, 2.05) is 0 Å². The zero-order valence-electron chi connectivity index (χ0n) is 7.86. The number of aromatic carboxylic acids is 1. The first-order valence-corrected chi connectivity index (χ1v) is 4.35. The van der Waals surface area contributed by atoms with Crippen LogP contribution in [-0.4, -0.2) is 32.9 Å². The third-order valence-electron chi connectivity index (χ3n) is 2.28. The normalized spacial score (nSPS) is 20.6. The maximum absolute atomic E-state index is 12.4. The van der Waals surface area contributed by atoms with E-state index in [4.69, 9.17) is 5.11 Å². The molecule has 5 nitrogen and oxygen atoms in total. The lowest BCUT2D eigenvalue weighted by Gasteiger charge is -2.26. The number of fused-ring (bicyclic) bond motifs is 1. The van der Waals surface area contributed by atoms with Gasteiger partial charge in [0.25, 0.3) is 0 Å². The van der Waals surface area contributed by atoms with Gasteiger partial charge in [-0.1, -0.05) is 0 Å². The maximum atomic E-state index is 12.4. The predicted octanol–water partition coefficient (Wildman–Crippen LogP) is 1.04. The average molecular weight is 236 g/mol. The van der Waals surface area contributed by atoms with Crippen molar-refractivity contribution in [2.75, 3.05) is 0 Å². The Labute approximate surface area is 87.5 Å². The van der Waals surface area contributed by atoms with Crippen LogP contribution in [0.2, 0.25) is 0 Å². The van der Waals surface area contributed by atoms with Crippen LogP contribution in [-0.2, 0) is 17.9 Å². The van der Waals surface area contributed by atoms with E-state index in [-0.39, 0.29) is 18.1 Å². The molecule has 2 rings (SSSR count). The van der Waals surface area contributed by atoms with Crippen molar-refractivity contribution in [3.05, 3.63) is 17.7 Å². The van der Waals surface area contributed by atoms with E-state index in [1.54, 1.807) is 0 Å². The smallest absolute Gasteiger partial charge is 0.416 e. The SMILES string of the molecule is O=C(O)c1cnc2n1CC(C(F)(F)F)OC2. The number of carboxylic acids is 1. The van der Waals surface area contributed by atoms with Crippen molar-refractivity contribution in [1.29, 1.82) is 0 Å². The number of carbonyl (C=O) groups is 1. The van der Waals surface area contributed by atoms with Crippen LogP contribution in [0.15, 0.2) is 6.20 Å². The molecule has 2 heterocycles. The molecule has 0 spiro atoms. The molecule has 0 fully saturated rings. The van der Waals surface area contributed by atoms with E-state index in [1.165, 1.54) is 0 Å². The highest BCUT2D eigenvalue weighted by molar-refractivity contribution is 5.85. The molecule has 0 amide bonds. The predicted molar refractivity (Wildman–Crippen MR) is 43.8 cm³/mol. The summed E-state index contributed by atoms with van der Waals surface area (Å²) in [6.07, 6.45) is -5.45. The van der Waals surface area contributed by atoms with E-state index in [0.717, 1.165) is 10.8 Å². The van der Waals surface area contributed by atoms with Gasteiger partial charge in [-0.2, -0.15) is 13.2 Å². The van der Waals surface area contributed by atoms with Crippen molar-refractivity contribution in [1.82, 2.24) is 9.55 Å². The van der Waals surface area contributed by atoms with Gasteiger partial charge in [0.05, 0.1) is 12.7 Å². The first-order chi connectivity index (χ1) is 7.39. The molecule has 1 aliphatic rings. The topological polar surface area (TPSA) is 64.3 Å². The summed E-state index contributed by atoms with van der Waals surface area (Å²) in [6, 6.07) is 0. The van der Waals surface area contributed by atoms with E-state index in [2.05, 4.69) is 9.72 Å². The van der Waals surface area contributed by atoms with Gasteiger partial charge in [0.1, 0.15) is 18.1 Å². The number of hydrogen-bond acceptors (Lipinski definition) is 3. The van der Waals surface area contributed by atoms with Crippen molar-refractivity contribution < 1.29 is 27.8 Å². The minimum atomic E-state index is -4.50. The Balaban J connectivity index is 2.31. The fourth-order valence-electron chi connectivity index (χ4n) is 1.50. The van der Waals surface area contributed by atoms with Crippen LogP contribution < -0.4 is 0 Å². The van der Waals surface area contributed by atoms with Crippen molar-refractivity contribution in [3.8, 4) is 0 Å². The molecule has 1 atom stereocenters. The second-order valence-electron chi connectivity index (χ2n) is 3.32. The molecule has 0 bridgehead atoms. The third kappa shape index (κ3) is 1.75. The summed E-state index contributed by atoms with van der Waals surface area (Å²) in [5.41, 5.74) is -0.257. The molecule has 0 saturated carbocycles. The number of nitrogens with zero attached hydrogens (tertiary/aromatic N) is 2. The molecule has 1 N–H and O–H groups in total. The fraction of sp³-hybridized carbons (Fsp3) is 0.500. The van der Waals surface area contributed by atoms with Crippen molar-refractivity contribution >= 4 is 5.97 Å². The number of ether oxygens (including phenoxy) is 1. The molecule has 1 aromatic rings. The van der Waals surface area contributed by atoms with Crippen molar-refractivity contribution in [3.63, 3.8) is 0 Å². The monoisotopic (exact) mass is 236 g/mol. The second kappa shape index (κ2) is 3.48. The maximum Gasteiger partial charge on any atom is 0.416 e. The zero-order chi connectivity index (χ0) is 11.9. The molecule has 1 aromatic heterocycles. The Kier molecular flexibility index (Phi) is 2.38. The number of imidazole rings is 1. The molecule has 88 valence electrons. The summed E-state index contributed by atoms with van der Waals surface area (Å²) < 4.78 is 42.7. The number of carboxylic acid groups (broad SMARTS) is 1. The second-order valence-corrected chi connectivity index (χ2v) is 3.32. The van der Waals surface area contributed by atoms with Gasteiger partial charge in [-0.05, 0) is 0 Å². The molecule has 0 aromatic carbocycles. The standard InChI is InChI=1S/C8H7F3N2O3/c9-8(10,11)5-2-13-4(7(14)15)1-12-6(13)3-16-5/h1,5H,2-3H2,(H,14,15).